The van der Waals surface area contributed by atoms with Gasteiger partial charge in [0.1, 0.15) is 17.7 Å². The number of allylic oxidation sites excluding steroid dienone is 2. The largest absolute Gasteiger partial charge is 0.472 e. The van der Waals surface area contributed by atoms with Crippen LogP contribution < -0.4 is 14.8 Å². The Morgan fingerprint density at radius 3 is 2.67 bits per heavy atom. The topological polar surface area (TPSA) is 161 Å². The Morgan fingerprint density at radius 2 is 1.85 bits per heavy atom. The summed E-state index contributed by atoms with van der Waals surface area (Å²) in [7, 11) is -3.91. The van der Waals surface area contributed by atoms with Crippen molar-refractivity contribution in [3.63, 3.8) is 0 Å². The van der Waals surface area contributed by atoms with Crippen LogP contribution in [0.25, 0.3) is 21.9 Å². The molecule has 2 aliphatic carbocycles. The van der Waals surface area contributed by atoms with Crippen LogP contribution in [0.2, 0.25) is 0 Å². The van der Waals surface area contributed by atoms with Gasteiger partial charge in [0.25, 0.3) is 6.01 Å². The number of Topliss-reactive ketones (excluding diaryl/α,β-unsaturated/α-hetero) is 1. The van der Waals surface area contributed by atoms with Crippen LogP contribution in [0.15, 0.2) is 77.4 Å². The van der Waals surface area contributed by atoms with Crippen LogP contribution in [-0.4, -0.2) is 70.4 Å². The Morgan fingerprint density at radius 1 is 1.04 bits per heavy atom. The second-order valence-corrected chi connectivity index (χ2v) is 17.3. The highest BCUT2D eigenvalue weighted by atomic mass is 32.2. The SMILES string of the molecule is CC1(S(=O)(=O)NC(=O)[C@]23CC(=O)[C@@H]4C[C@@H](Oc5nccc6ccccc56)CN4C(=O)[C@@H](Nc4nc5ccccc5o4)CCCCC/C=C\[C@@H]2C3)CC1. The normalized spacial score (nSPS) is 28.3. The van der Waals surface area contributed by atoms with Gasteiger partial charge in [-0.1, -0.05) is 55.3 Å². The van der Waals surface area contributed by atoms with Gasteiger partial charge in [0.05, 0.1) is 22.7 Å². The smallest absolute Gasteiger partial charge is 0.296 e. The number of sulfonamides is 1. The van der Waals surface area contributed by atoms with Crippen LogP contribution in [0, 0.1) is 11.3 Å². The highest BCUT2D eigenvalue weighted by Crippen LogP contribution is 2.57. The van der Waals surface area contributed by atoms with Crippen molar-refractivity contribution in [2.24, 2.45) is 11.3 Å². The molecule has 2 aromatic heterocycles. The number of anilines is 1. The molecule has 5 atom stereocenters. The summed E-state index contributed by atoms with van der Waals surface area (Å²) in [5.74, 6) is -1.11. The molecule has 13 heteroatoms. The second kappa shape index (κ2) is 13.3. The summed E-state index contributed by atoms with van der Waals surface area (Å²) in [6.45, 7) is 1.76. The van der Waals surface area contributed by atoms with Crippen LogP contribution >= 0.6 is 0 Å². The van der Waals surface area contributed by atoms with Gasteiger partial charge in [-0.25, -0.2) is 13.4 Å². The molecular formula is C39H43N5O7S. The van der Waals surface area contributed by atoms with Gasteiger partial charge < -0.3 is 19.4 Å². The van der Waals surface area contributed by atoms with E-state index in [1.165, 1.54) is 0 Å². The van der Waals surface area contributed by atoms with Crippen molar-refractivity contribution in [2.45, 2.75) is 94.1 Å². The molecule has 2 N–H and O–H groups in total. The maximum atomic E-state index is 14.7. The Kier molecular flexibility index (Phi) is 8.79. The van der Waals surface area contributed by atoms with Gasteiger partial charge in [0.2, 0.25) is 27.7 Å². The molecule has 52 heavy (non-hydrogen) atoms. The number of fused-ring (bicyclic) bond motifs is 4. The van der Waals surface area contributed by atoms with E-state index in [0.29, 0.717) is 42.7 Å². The molecule has 0 unspecified atom stereocenters. The number of ether oxygens (including phenoxy) is 1. The standard InChI is InChI=1S/C39H43N5O7S/c1-38(18-19-38)52(48,49)43-36(47)39-22-26(39)12-5-3-2-4-6-15-30(42-37-41-29-14-9-10-16-33(29)51-37)35(46)44-24-27(21-31(44)32(45)23-39)50-34-28-13-8-7-11-25(28)17-20-40-34/h5,7-14,16-17,20,26-27,30-31H,2-4,6,15,18-19,21-24H2,1H3,(H,41,42)(H,43,47)/b12-5-/t26-,27-,30+,31+,39-/m1/s1. The molecule has 0 bridgehead atoms. The number of hydrogen-bond acceptors (Lipinski definition) is 10. The Bertz CT molecular complexity index is 2140. The lowest BCUT2D eigenvalue weighted by Crippen LogP contribution is -2.49. The fourth-order valence-electron chi connectivity index (χ4n) is 7.71. The van der Waals surface area contributed by atoms with Crippen molar-refractivity contribution in [3.8, 4) is 5.88 Å². The monoisotopic (exact) mass is 725 g/mol. The van der Waals surface area contributed by atoms with E-state index in [4.69, 9.17) is 9.15 Å². The Hall–Kier alpha value is -4.78. The molecule has 2 amide bonds. The fourth-order valence-corrected chi connectivity index (χ4v) is 9.05. The number of nitrogens with zero attached hydrogens (tertiary/aromatic N) is 3. The number of hydrogen-bond donors (Lipinski definition) is 2. The van der Waals surface area contributed by atoms with Gasteiger partial charge in [0.15, 0.2) is 11.4 Å². The van der Waals surface area contributed by atoms with Crippen LogP contribution in [0.1, 0.15) is 71.1 Å². The van der Waals surface area contributed by atoms with E-state index in [0.717, 1.165) is 36.5 Å². The third kappa shape index (κ3) is 6.55. The van der Waals surface area contributed by atoms with Crippen LogP contribution in [0.4, 0.5) is 6.01 Å². The van der Waals surface area contributed by atoms with E-state index < -0.39 is 44.3 Å². The van der Waals surface area contributed by atoms with Crippen molar-refractivity contribution < 1.29 is 32.0 Å². The average molecular weight is 726 g/mol. The number of aromatic nitrogens is 2. The van der Waals surface area contributed by atoms with Crippen molar-refractivity contribution in [1.82, 2.24) is 19.6 Å². The Balaban J connectivity index is 1.11. The molecule has 2 aromatic carbocycles. The van der Waals surface area contributed by atoms with E-state index in [1.54, 1.807) is 18.0 Å². The number of oxazole rings is 1. The van der Waals surface area contributed by atoms with Crippen molar-refractivity contribution in [1.29, 1.82) is 0 Å². The summed E-state index contributed by atoms with van der Waals surface area (Å²) in [5, 5.41) is 5.00. The molecule has 0 spiro atoms. The molecular weight excluding hydrogens is 683 g/mol. The van der Waals surface area contributed by atoms with Gasteiger partial charge in [-0.05, 0) is 81.0 Å². The maximum Gasteiger partial charge on any atom is 0.296 e. The minimum Gasteiger partial charge on any atom is -0.472 e. The number of para-hydroxylation sites is 2. The summed E-state index contributed by atoms with van der Waals surface area (Å²) < 4.78 is 40.1. The number of carbonyl (C=O) groups excluding carboxylic acids is 3. The van der Waals surface area contributed by atoms with Crippen LogP contribution in [0.3, 0.4) is 0 Å². The van der Waals surface area contributed by atoms with Gasteiger partial charge in [-0.3, -0.25) is 19.1 Å². The van der Waals surface area contributed by atoms with Gasteiger partial charge in [0, 0.05) is 24.4 Å². The molecule has 272 valence electrons. The molecule has 8 rings (SSSR count). The number of pyridine rings is 1. The van der Waals surface area contributed by atoms with Crippen molar-refractivity contribution in [3.05, 3.63) is 72.9 Å². The molecule has 4 aliphatic rings. The molecule has 2 saturated carbocycles. The minimum atomic E-state index is -3.91. The molecule has 4 heterocycles. The number of rotatable bonds is 7. The predicted octanol–water partition coefficient (Wildman–Crippen LogP) is 5.69. The zero-order valence-corrected chi connectivity index (χ0v) is 29.9. The molecule has 2 aliphatic heterocycles. The molecule has 3 fully saturated rings. The van der Waals surface area contributed by atoms with E-state index >= 15 is 0 Å². The number of amides is 2. The first-order valence-corrected chi connectivity index (χ1v) is 19.7. The fraction of sp³-hybridized carbons (Fsp3) is 0.462. The second-order valence-electron chi connectivity index (χ2n) is 15.1. The van der Waals surface area contributed by atoms with Gasteiger partial charge in [-0.2, -0.15) is 4.98 Å². The number of nitrogens with one attached hydrogen (secondary N) is 2. The van der Waals surface area contributed by atoms with Crippen LogP contribution in [-0.2, 0) is 24.4 Å². The van der Waals surface area contributed by atoms with E-state index in [1.807, 2.05) is 66.7 Å². The highest BCUT2D eigenvalue weighted by Gasteiger charge is 2.62. The van der Waals surface area contributed by atoms with E-state index in [-0.39, 0.29) is 43.0 Å². The lowest BCUT2D eigenvalue weighted by Gasteiger charge is -2.29. The average Bonchev–Trinajstić information content (AvgIpc) is 3.94. The van der Waals surface area contributed by atoms with Gasteiger partial charge in [-0.15, -0.1) is 0 Å². The minimum absolute atomic E-state index is 0.126. The zero-order chi connectivity index (χ0) is 36.1. The highest BCUT2D eigenvalue weighted by molar-refractivity contribution is 7.91. The van der Waals surface area contributed by atoms with Crippen molar-refractivity contribution in [2.75, 3.05) is 11.9 Å². The first-order valence-electron chi connectivity index (χ1n) is 18.2. The number of benzene rings is 2. The summed E-state index contributed by atoms with van der Waals surface area (Å²) in [6.07, 6.45) is 10.2. The van der Waals surface area contributed by atoms with E-state index in [9.17, 15) is 22.8 Å². The van der Waals surface area contributed by atoms with Crippen LogP contribution in [0.5, 0.6) is 5.88 Å². The third-order valence-electron chi connectivity index (χ3n) is 11.4. The summed E-state index contributed by atoms with van der Waals surface area (Å²) in [4.78, 5) is 53.7. The first kappa shape index (κ1) is 34.3. The molecule has 4 aromatic rings. The molecule has 1 saturated heterocycles. The molecule has 12 nitrogen and oxygen atoms in total. The third-order valence-corrected chi connectivity index (χ3v) is 13.5. The first-order chi connectivity index (χ1) is 25.1. The lowest BCUT2D eigenvalue weighted by molar-refractivity contribution is -0.139. The summed E-state index contributed by atoms with van der Waals surface area (Å²) >= 11 is 0. The zero-order valence-electron chi connectivity index (χ0n) is 29.1. The Labute approximate surface area is 302 Å². The summed E-state index contributed by atoms with van der Waals surface area (Å²) in [6, 6.07) is 15.5. The molecule has 0 radical (unpaired) electrons. The lowest BCUT2D eigenvalue weighted by atomic mass is 9.91. The van der Waals surface area contributed by atoms with Crippen molar-refractivity contribution >= 4 is 55.5 Å². The predicted molar refractivity (Wildman–Crippen MR) is 195 cm³/mol. The maximum absolute atomic E-state index is 14.7. The number of ketones is 1. The van der Waals surface area contributed by atoms with E-state index in [2.05, 4.69) is 20.0 Å². The summed E-state index contributed by atoms with van der Waals surface area (Å²) in [5.41, 5.74) is 0.0334. The van der Waals surface area contributed by atoms with Gasteiger partial charge >= 0.3 is 0 Å². The number of carbonyl (C=O) groups is 3. The quantitative estimate of drug-likeness (QED) is 0.227.